The van der Waals surface area contributed by atoms with Gasteiger partial charge in [-0.2, -0.15) is 0 Å². The molecule has 1 unspecified atom stereocenters. The van der Waals surface area contributed by atoms with Crippen molar-refractivity contribution in [2.24, 2.45) is 0 Å². The van der Waals surface area contributed by atoms with Crippen LogP contribution in [-0.2, 0) is 0 Å². The van der Waals surface area contributed by atoms with E-state index >= 15 is 0 Å². The number of furan rings is 1. The molecule has 0 aromatic carbocycles. The summed E-state index contributed by atoms with van der Waals surface area (Å²) >= 11 is 0. The molecule has 0 fully saturated rings. The van der Waals surface area contributed by atoms with Crippen molar-refractivity contribution in [3.8, 4) is 0 Å². The first kappa shape index (κ1) is 11.6. The van der Waals surface area contributed by atoms with Gasteiger partial charge in [0.05, 0.1) is 12.3 Å². The van der Waals surface area contributed by atoms with Crippen LogP contribution in [0.25, 0.3) is 0 Å². The summed E-state index contributed by atoms with van der Waals surface area (Å²) in [6, 6.07) is 5.90. The van der Waals surface area contributed by atoms with E-state index in [-0.39, 0.29) is 6.04 Å². The molecule has 2 heterocycles. The Morgan fingerprint density at radius 1 is 1.24 bits per heavy atom. The Balaban J connectivity index is 2.11. The Hall–Kier alpha value is -1.84. The first-order valence-electron chi connectivity index (χ1n) is 5.78. The Bertz CT molecular complexity index is 465. The molecule has 2 aromatic heterocycles. The van der Waals surface area contributed by atoms with E-state index in [4.69, 9.17) is 4.42 Å². The number of hydrogen-bond acceptors (Lipinski definition) is 4. The Labute approximate surface area is 101 Å². The van der Waals surface area contributed by atoms with E-state index in [9.17, 15) is 0 Å². The highest BCUT2D eigenvalue weighted by Crippen LogP contribution is 2.19. The first-order valence-corrected chi connectivity index (χ1v) is 5.78. The predicted octanol–water partition coefficient (Wildman–Crippen LogP) is 3.37. The fraction of sp³-hybridized carbons (Fsp3) is 0.385. The van der Waals surface area contributed by atoms with E-state index < -0.39 is 0 Å². The Morgan fingerprint density at radius 3 is 2.71 bits per heavy atom. The third-order valence-electron chi connectivity index (χ3n) is 2.61. The average Bonchev–Trinajstić information content (AvgIpc) is 2.82. The molecule has 0 aliphatic carbocycles. The van der Waals surface area contributed by atoms with Crippen molar-refractivity contribution < 1.29 is 4.42 Å². The van der Waals surface area contributed by atoms with Gasteiger partial charge in [-0.15, -0.1) is 0 Å². The summed E-state index contributed by atoms with van der Waals surface area (Å²) in [7, 11) is 0. The van der Waals surface area contributed by atoms with Crippen LogP contribution in [0, 0.1) is 0 Å². The Kier molecular flexibility index (Phi) is 3.42. The number of hydrogen-bond donors (Lipinski definition) is 1. The molecule has 2 rings (SSSR count). The van der Waals surface area contributed by atoms with Crippen molar-refractivity contribution in [1.82, 2.24) is 9.97 Å². The summed E-state index contributed by atoms with van der Waals surface area (Å²) in [6.07, 6.45) is 3.26. The lowest BCUT2D eigenvalue weighted by molar-refractivity contribution is 0.490. The lowest BCUT2D eigenvalue weighted by Crippen LogP contribution is -2.08. The van der Waals surface area contributed by atoms with Crippen molar-refractivity contribution >= 4 is 5.82 Å². The average molecular weight is 231 g/mol. The van der Waals surface area contributed by atoms with E-state index in [1.165, 1.54) is 0 Å². The number of nitrogens with one attached hydrogen (secondary N) is 1. The number of rotatable bonds is 4. The summed E-state index contributed by atoms with van der Waals surface area (Å²) in [5, 5.41) is 3.29. The highest BCUT2D eigenvalue weighted by Gasteiger charge is 2.09. The minimum atomic E-state index is 0.0971. The minimum absolute atomic E-state index is 0.0971. The molecule has 0 spiro atoms. The second-order valence-electron chi connectivity index (χ2n) is 4.36. The molecule has 0 radical (unpaired) electrons. The first-order chi connectivity index (χ1) is 8.16. The number of aromatic nitrogens is 2. The van der Waals surface area contributed by atoms with Crippen LogP contribution in [0.2, 0.25) is 0 Å². The fourth-order valence-electron chi connectivity index (χ4n) is 1.60. The largest absolute Gasteiger partial charge is 0.467 e. The van der Waals surface area contributed by atoms with Crippen molar-refractivity contribution in [2.75, 3.05) is 5.32 Å². The summed E-state index contributed by atoms with van der Waals surface area (Å²) < 4.78 is 5.34. The van der Waals surface area contributed by atoms with Gasteiger partial charge in [-0.05, 0) is 25.0 Å². The van der Waals surface area contributed by atoms with E-state index in [1.807, 2.05) is 25.1 Å². The van der Waals surface area contributed by atoms with Crippen LogP contribution >= 0.6 is 0 Å². The SMILES string of the molecule is CC(C)c1cc(NC(C)c2ccco2)ncn1. The van der Waals surface area contributed by atoms with Gasteiger partial charge in [0.2, 0.25) is 0 Å². The van der Waals surface area contributed by atoms with Crippen LogP contribution in [0.1, 0.15) is 44.2 Å². The topological polar surface area (TPSA) is 51.0 Å². The fourth-order valence-corrected chi connectivity index (χ4v) is 1.60. The third kappa shape index (κ3) is 2.84. The third-order valence-corrected chi connectivity index (χ3v) is 2.61. The standard InChI is InChI=1S/C13H17N3O/c1-9(2)11-7-13(15-8-14-11)16-10(3)12-5-4-6-17-12/h4-10H,1-3H3,(H,14,15,16). The molecular formula is C13H17N3O. The summed E-state index contributed by atoms with van der Waals surface area (Å²) in [4.78, 5) is 8.44. The second kappa shape index (κ2) is 4.99. The molecule has 17 heavy (non-hydrogen) atoms. The Morgan fingerprint density at radius 2 is 2.06 bits per heavy atom. The van der Waals surface area contributed by atoms with Crippen LogP contribution in [0.15, 0.2) is 35.2 Å². The zero-order valence-corrected chi connectivity index (χ0v) is 10.3. The zero-order valence-electron chi connectivity index (χ0n) is 10.3. The van der Waals surface area contributed by atoms with Gasteiger partial charge >= 0.3 is 0 Å². The normalized spacial score (nSPS) is 12.7. The van der Waals surface area contributed by atoms with Gasteiger partial charge in [-0.25, -0.2) is 9.97 Å². The maximum absolute atomic E-state index is 5.34. The van der Waals surface area contributed by atoms with Gasteiger partial charge in [-0.3, -0.25) is 0 Å². The molecule has 4 nitrogen and oxygen atoms in total. The van der Waals surface area contributed by atoms with Gasteiger partial charge in [0.15, 0.2) is 0 Å². The molecule has 2 aromatic rings. The van der Waals surface area contributed by atoms with Crippen LogP contribution in [-0.4, -0.2) is 9.97 Å². The summed E-state index contributed by atoms with van der Waals surface area (Å²) in [6.45, 7) is 6.26. The quantitative estimate of drug-likeness (QED) is 0.876. The summed E-state index contributed by atoms with van der Waals surface area (Å²) in [5.41, 5.74) is 1.04. The molecule has 1 atom stereocenters. The molecule has 0 amide bonds. The van der Waals surface area contributed by atoms with Crippen LogP contribution < -0.4 is 5.32 Å². The van der Waals surface area contributed by atoms with E-state index in [1.54, 1.807) is 12.6 Å². The van der Waals surface area contributed by atoms with Crippen LogP contribution in [0.3, 0.4) is 0 Å². The van der Waals surface area contributed by atoms with Crippen LogP contribution in [0.4, 0.5) is 5.82 Å². The van der Waals surface area contributed by atoms with E-state index in [0.717, 1.165) is 17.3 Å². The molecular weight excluding hydrogens is 214 g/mol. The monoisotopic (exact) mass is 231 g/mol. The molecule has 0 aliphatic heterocycles. The highest BCUT2D eigenvalue weighted by molar-refractivity contribution is 5.37. The molecule has 90 valence electrons. The zero-order chi connectivity index (χ0) is 12.3. The molecule has 0 saturated heterocycles. The van der Waals surface area contributed by atoms with E-state index in [2.05, 4.69) is 29.1 Å². The minimum Gasteiger partial charge on any atom is -0.467 e. The van der Waals surface area contributed by atoms with Gasteiger partial charge in [-0.1, -0.05) is 13.8 Å². The van der Waals surface area contributed by atoms with Gasteiger partial charge in [0, 0.05) is 11.8 Å². The number of anilines is 1. The maximum atomic E-state index is 5.34. The lowest BCUT2D eigenvalue weighted by atomic mass is 10.1. The molecule has 0 bridgehead atoms. The smallest absolute Gasteiger partial charge is 0.130 e. The van der Waals surface area contributed by atoms with E-state index in [0.29, 0.717) is 5.92 Å². The maximum Gasteiger partial charge on any atom is 0.130 e. The van der Waals surface area contributed by atoms with Crippen molar-refractivity contribution in [2.45, 2.75) is 32.7 Å². The molecule has 1 N–H and O–H groups in total. The van der Waals surface area contributed by atoms with Gasteiger partial charge < -0.3 is 9.73 Å². The number of nitrogens with zero attached hydrogens (tertiary/aromatic N) is 2. The molecule has 0 aliphatic rings. The van der Waals surface area contributed by atoms with Crippen molar-refractivity contribution in [3.63, 3.8) is 0 Å². The molecule has 0 saturated carbocycles. The van der Waals surface area contributed by atoms with Gasteiger partial charge in [0.1, 0.15) is 17.9 Å². The van der Waals surface area contributed by atoms with Crippen molar-refractivity contribution in [3.05, 3.63) is 42.2 Å². The predicted molar refractivity (Wildman–Crippen MR) is 66.9 cm³/mol. The van der Waals surface area contributed by atoms with Gasteiger partial charge in [0.25, 0.3) is 0 Å². The summed E-state index contributed by atoms with van der Waals surface area (Å²) in [5.74, 6) is 2.12. The lowest BCUT2D eigenvalue weighted by Gasteiger charge is -2.13. The second-order valence-corrected chi connectivity index (χ2v) is 4.36. The van der Waals surface area contributed by atoms with Crippen LogP contribution in [0.5, 0.6) is 0 Å². The highest BCUT2D eigenvalue weighted by atomic mass is 16.3. The molecule has 4 heteroatoms. The van der Waals surface area contributed by atoms with Crippen molar-refractivity contribution in [1.29, 1.82) is 0 Å².